The number of anilines is 1. The topological polar surface area (TPSA) is 59.8 Å². The van der Waals surface area contributed by atoms with Crippen LogP contribution in [0.2, 0.25) is 5.02 Å². The van der Waals surface area contributed by atoms with E-state index in [-0.39, 0.29) is 10.8 Å². The maximum absolute atomic E-state index is 13.3. The Morgan fingerprint density at radius 1 is 1.06 bits per heavy atom. The van der Waals surface area contributed by atoms with Gasteiger partial charge in [0.15, 0.2) is 5.16 Å². The first-order chi connectivity index (χ1) is 16.8. The zero-order valence-corrected chi connectivity index (χ0v) is 20.6. The fraction of sp³-hybridized carbons (Fsp3) is 0.208. The van der Waals surface area contributed by atoms with Crippen LogP contribution in [-0.2, 0) is 30.4 Å². The van der Waals surface area contributed by atoms with Crippen molar-refractivity contribution < 1.29 is 18.0 Å². The molecule has 35 heavy (non-hydrogen) atoms. The number of hydrogen-bond acceptors (Lipinski definition) is 5. The van der Waals surface area contributed by atoms with Gasteiger partial charge in [-0.2, -0.15) is 13.2 Å². The Morgan fingerprint density at radius 2 is 1.86 bits per heavy atom. The highest BCUT2D eigenvalue weighted by molar-refractivity contribution is 7.99. The number of aromatic nitrogens is 3. The van der Waals surface area contributed by atoms with Crippen molar-refractivity contribution in [3.05, 3.63) is 92.9 Å². The van der Waals surface area contributed by atoms with E-state index in [1.54, 1.807) is 11.3 Å². The number of thioether (sulfide) groups is 1. The van der Waals surface area contributed by atoms with Crippen molar-refractivity contribution in [3.63, 3.8) is 0 Å². The molecule has 1 N–H and O–H groups in total. The summed E-state index contributed by atoms with van der Waals surface area (Å²) in [5.74, 6) is -0.00637. The number of para-hydroxylation sites is 1. The normalized spacial score (nSPS) is 11.5. The molecule has 11 heteroatoms. The molecule has 4 aromatic rings. The first-order valence-electron chi connectivity index (χ1n) is 10.6. The Labute approximate surface area is 213 Å². The fourth-order valence-electron chi connectivity index (χ4n) is 3.43. The highest BCUT2D eigenvalue weighted by Gasteiger charge is 2.34. The van der Waals surface area contributed by atoms with Crippen LogP contribution in [0.15, 0.2) is 71.2 Å². The van der Waals surface area contributed by atoms with Crippen molar-refractivity contribution in [2.24, 2.45) is 0 Å². The molecule has 0 fully saturated rings. The second-order valence-corrected chi connectivity index (χ2v) is 9.92. The maximum atomic E-state index is 13.3. The molecule has 0 aliphatic rings. The monoisotopic (exact) mass is 536 g/mol. The maximum Gasteiger partial charge on any atom is 0.418 e. The summed E-state index contributed by atoms with van der Waals surface area (Å²) in [4.78, 5) is 13.7. The van der Waals surface area contributed by atoms with Gasteiger partial charge < -0.3 is 9.88 Å². The number of thiophene rings is 1. The molecule has 2 aromatic heterocycles. The van der Waals surface area contributed by atoms with Crippen molar-refractivity contribution >= 4 is 46.3 Å². The number of carbonyl (C=O) groups is 1. The van der Waals surface area contributed by atoms with E-state index in [4.69, 9.17) is 11.6 Å². The van der Waals surface area contributed by atoms with Crippen LogP contribution in [-0.4, -0.2) is 26.4 Å². The lowest BCUT2D eigenvalue weighted by Gasteiger charge is -2.15. The molecule has 0 saturated heterocycles. The van der Waals surface area contributed by atoms with E-state index >= 15 is 0 Å². The summed E-state index contributed by atoms with van der Waals surface area (Å²) >= 11 is 8.68. The van der Waals surface area contributed by atoms with Gasteiger partial charge in [-0.25, -0.2) is 0 Å². The van der Waals surface area contributed by atoms with Gasteiger partial charge in [0, 0.05) is 17.8 Å². The van der Waals surface area contributed by atoms with E-state index in [9.17, 15) is 18.0 Å². The lowest BCUT2D eigenvalue weighted by Crippen LogP contribution is -2.19. The van der Waals surface area contributed by atoms with Gasteiger partial charge in [0.05, 0.1) is 22.0 Å². The number of nitrogens with one attached hydrogen (secondary N) is 1. The second-order valence-electron chi connectivity index (χ2n) is 7.54. The minimum atomic E-state index is -4.64. The lowest BCUT2D eigenvalue weighted by molar-refractivity contribution is -0.137. The molecule has 0 atom stereocenters. The number of alkyl halides is 3. The molecule has 0 spiro atoms. The number of nitrogens with zero attached hydrogens (tertiary/aromatic N) is 3. The standard InChI is InChI=1S/C24H20ClF3N4OS2/c25-19-10-4-9-18(24(26,27)28)22(19)29-21(33)15-35-23-31-30-20(14-17-8-5-13-34-17)32(23)12-11-16-6-2-1-3-7-16/h1-10,13H,11-12,14-15H2,(H,29,33). The molecule has 2 heterocycles. The van der Waals surface area contributed by atoms with E-state index in [2.05, 4.69) is 15.5 Å². The molecule has 2 aromatic carbocycles. The molecule has 4 rings (SSSR count). The van der Waals surface area contributed by atoms with Crippen LogP contribution in [0.5, 0.6) is 0 Å². The molecular weight excluding hydrogens is 517 g/mol. The number of benzene rings is 2. The average Bonchev–Trinajstić information content (AvgIpc) is 3.48. The van der Waals surface area contributed by atoms with Crippen LogP contribution < -0.4 is 5.32 Å². The van der Waals surface area contributed by atoms with Gasteiger partial charge >= 0.3 is 6.18 Å². The zero-order valence-electron chi connectivity index (χ0n) is 18.3. The van der Waals surface area contributed by atoms with Gasteiger partial charge in [-0.15, -0.1) is 21.5 Å². The van der Waals surface area contributed by atoms with Gasteiger partial charge in [-0.1, -0.05) is 65.8 Å². The van der Waals surface area contributed by atoms with Gasteiger partial charge in [0.25, 0.3) is 0 Å². The molecule has 0 aliphatic heterocycles. The number of rotatable bonds is 9. The van der Waals surface area contributed by atoms with E-state index in [1.165, 1.54) is 12.1 Å². The second kappa shape index (κ2) is 11.3. The summed E-state index contributed by atoms with van der Waals surface area (Å²) in [6.07, 6.45) is -3.31. The highest BCUT2D eigenvalue weighted by Crippen LogP contribution is 2.38. The summed E-state index contributed by atoms with van der Waals surface area (Å²) < 4.78 is 41.9. The number of carbonyl (C=O) groups excluding carboxylic acids is 1. The van der Waals surface area contributed by atoms with E-state index in [0.717, 1.165) is 40.5 Å². The number of hydrogen-bond donors (Lipinski definition) is 1. The minimum absolute atomic E-state index is 0.148. The molecule has 0 aliphatic carbocycles. The molecule has 0 bridgehead atoms. The summed E-state index contributed by atoms with van der Waals surface area (Å²) in [6, 6.07) is 17.3. The Kier molecular flexibility index (Phi) is 8.15. The minimum Gasteiger partial charge on any atom is -0.324 e. The van der Waals surface area contributed by atoms with Crippen LogP contribution in [0.4, 0.5) is 18.9 Å². The fourth-order valence-corrected chi connectivity index (χ4v) is 5.14. The summed E-state index contributed by atoms with van der Waals surface area (Å²) in [6.45, 7) is 0.602. The van der Waals surface area contributed by atoms with E-state index < -0.39 is 23.3 Å². The SMILES string of the molecule is O=C(CSc1nnc(Cc2cccs2)n1CCc1ccccc1)Nc1c(Cl)cccc1C(F)(F)F. The summed E-state index contributed by atoms with van der Waals surface area (Å²) in [5.41, 5.74) is -0.292. The van der Waals surface area contributed by atoms with Crippen molar-refractivity contribution in [2.75, 3.05) is 11.1 Å². The first kappa shape index (κ1) is 25.3. The highest BCUT2D eigenvalue weighted by atomic mass is 35.5. The summed E-state index contributed by atoms with van der Waals surface area (Å²) in [7, 11) is 0. The van der Waals surface area contributed by atoms with Crippen molar-refractivity contribution in [1.82, 2.24) is 14.8 Å². The summed E-state index contributed by atoms with van der Waals surface area (Å²) in [5, 5.41) is 13.2. The van der Waals surface area contributed by atoms with Crippen molar-refractivity contribution in [1.29, 1.82) is 0 Å². The predicted molar refractivity (Wildman–Crippen MR) is 133 cm³/mol. The third-order valence-electron chi connectivity index (χ3n) is 5.09. The zero-order chi connectivity index (χ0) is 24.8. The van der Waals surface area contributed by atoms with Gasteiger partial charge in [-0.3, -0.25) is 4.79 Å². The van der Waals surface area contributed by atoms with Gasteiger partial charge in [0.2, 0.25) is 5.91 Å². The van der Waals surface area contributed by atoms with Crippen LogP contribution in [0, 0.1) is 0 Å². The van der Waals surface area contributed by atoms with Crippen LogP contribution in [0.1, 0.15) is 21.8 Å². The first-order valence-corrected chi connectivity index (χ1v) is 12.8. The third kappa shape index (κ3) is 6.65. The third-order valence-corrected chi connectivity index (χ3v) is 7.25. The van der Waals surface area contributed by atoms with Crippen molar-refractivity contribution in [2.45, 2.75) is 30.7 Å². The van der Waals surface area contributed by atoms with E-state index in [0.29, 0.717) is 18.1 Å². The number of aryl methyl sites for hydroxylation is 1. The quantitative estimate of drug-likeness (QED) is 0.246. The van der Waals surface area contributed by atoms with Gasteiger partial charge in [-0.05, 0) is 35.6 Å². The van der Waals surface area contributed by atoms with Crippen molar-refractivity contribution in [3.8, 4) is 0 Å². The molecule has 0 radical (unpaired) electrons. The molecule has 0 unspecified atom stereocenters. The van der Waals surface area contributed by atoms with Crippen LogP contribution >= 0.6 is 34.7 Å². The number of halogens is 4. The molecular formula is C24H20ClF3N4OS2. The Bertz CT molecular complexity index is 1280. The molecule has 182 valence electrons. The van der Waals surface area contributed by atoms with Crippen LogP contribution in [0.3, 0.4) is 0 Å². The smallest absolute Gasteiger partial charge is 0.324 e. The molecule has 5 nitrogen and oxygen atoms in total. The predicted octanol–water partition coefficient (Wildman–Crippen LogP) is 6.58. The lowest BCUT2D eigenvalue weighted by atomic mass is 10.1. The largest absolute Gasteiger partial charge is 0.418 e. The Morgan fingerprint density at radius 3 is 2.57 bits per heavy atom. The van der Waals surface area contributed by atoms with Crippen LogP contribution in [0.25, 0.3) is 0 Å². The molecule has 1 amide bonds. The number of amides is 1. The Balaban J connectivity index is 1.49. The Hall–Kier alpha value is -2.82. The van der Waals surface area contributed by atoms with E-state index in [1.807, 2.05) is 52.4 Å². The van der Waals surface area contributed by atoms with Gasteiger partial charge in [0.1, 0.15) is 5.82 Å². The average molecular weight is 537 g/mol. The molecule has 0 saturated carbocycles.